The van der Waals surface area contributed by atoms with Gasteiger partial charge >= 0.3 is 0 Å². The zero-order valence-corrected chi connectivity index (χ0v) is 19.7. The van der Waals surface area contributed by atoms with Crippen molar-refractivity contribution in [1.82, 2.24) is 9.88 Å². The Kier molecular flexibility index (Phi) is 6.27. The van der Waals surface area contributed by atoms with Gasteiger partial charge in [-0.1, -0.05) is 11.6 Å². The van der Waals surface area contributed by atoms with Crippen LogP contribution in [-0.2, 0) is 0 Å². The number of hydrogen-bond donors (Lipinski definition) is 0. The van der Waals surface area contributed by atoms with Crippen LogP contribution in [-0.4, -0.2) is 62.2 Å². The number of amides is 1. The van der Waals surface area contributed by atoms with E-state index < -0.39 is 0 Å². The number of carbonyl (C=O) groups is 1. The van der Waals surface area contributed by atoms with Crippen molar-refractivity contribution in [3.8, 4) is 5.75 Å². The van der Waals surface area contributed by atoms with Crippen molar-refractivity contribution in [3.05, 3.63) is 59.2 Å². The fourth-order valence-electron chi connectivity index (χ4n) is 4.90. The number of hydrogen-bond acceptors (Lipinski definition) is 5. The van der Waals surface area contributed by atoms with Crippen molar-refractivity contribution in [2.45, 2.75) is 19.3 Å². The molecule has 2 aliphatic heterocycles. The molecule has 1 amide bonds. The van der Waals surface area contributed by atoms with Gasteiger partial charge in [0.2, 0.25) is 0 Å². The Morgan fingerprint density at radius 2 is 1.61 bits per heavy atom. The summed E-state index contributed by atoms with van der Waals surface area (Å²) in [6, 6.07) is 13.9. The number of methoxy groups -OCH3 is 1. The van der Waals surface area contributed by atoms with Crippen molar-refractivity contribution in [2.24, 2.45) is 0 Å². The van der Waals surface area contributed by atoms with E-state index in [9.17, 15) is 4.79 Å². The second-order valence-electron chi connectivity index (χ2n) is 8.71. The maximum Gasteiger partial charge on any atom is 0.257 e. The first-order valence-electron chi connectivity index (χ1n) is 11.7. The van der Waals surface area contributed by atoms with E-state index in [0.717, 1.165) is 74.5 Å². The van der Waals surface area contributed by atoms with Crippen LogP contribution in [0.3, 0.4) is 0 Å². The lowest BCUT2D eigenvalue weighted by Gasteiger charge is -2.39. The van der Waals surface area contributed by atoms with Crippen LogP contribution in [0.25, 0.3) is 10.9 Å². The summed E-state index contributed by atoms with van der Waals surface area (Å²) in [5, 5.41) is 1.60. The third-order valence-electron chi connectivity index (χ3n) is 6.71. The fraction of sp³-hybridized carbons (Fsp3) is 0.385. The first kappa shape index (κ1) is 21.8. The van der Waals surface area contributed by atoms with E-state index in [2.05, 4.69) is 26.9 Å². The highest BCUT2D eigenvalue weighted by Gasteiger charge is 2.27. The molecule has 2 aromatic carbocycles. The molecule has 0 radical (unpaired) electrons. The van der Waals surface area contributed by atoms with Gasteiger partial charge < -0.3 is 19.4 Å². The van der Waals surface area contributed by atoms with Gasteiger partial charge in [-0.2, -0.15) is 0 Å². The first-order chi connectivity index (χ1) is 16.1. The van der Waals surface area contributed by atoms with Crippen LogP contribution in [0.5, 0.6) is 5.75 Å². The number of carbonyl (C=O) groups excluding carboxylic acids is 1. The van der Waals surface area contributed by atoms with Gasteiger partial charge in [0, 0.05) is 61.6 Å². The Morgan fingerprint density at radius 3 is 2.30 bits per heavy atom. The Balaban J connectivity index is 1.45. The molecule has 0 atom stereocenters. The molecule has 0 saturated carbocycles. The van der Waals surface area contributed by atoms with E-state index in [1.807, 2.05) is 35.2 Å². The maximum absolute atomic E-state index is 13.5. The number of likely N-dealkylation sites (tertiary alicyclic amines) is 1. The monoisotopic (exact) mass is 464 g/mol. The van der Waals surface area contributed by atoms with Gasteiger partial charge in [-0.3, -0.25) is 9.78 Å². The summed E-state index contributed by atoms with van der Waals surface area (Å²) >= 11 is 6.38. The molecule has 172 valence electrons. The molecule has 1 aromatic heterocycles. The van der Waals surface area contributed by atoms with Crippen molar-refractivity contribution < 1.29 is 9.53 Å². The van der Waals surface area contributed by atoms with E-state index in [1.165, 1.54) is 12.1 Å². The average Bonchev–Trinajstić information content (AvgIpc) is 2.88. The summed E-state index contributed by atoms with van der Waals surface area (Å²) in [5.74, 6) is 0.940. The summed E-state index contributed by atoms with van der Waals surface area (Å²) in [5.41, 5.74) is 3.70. The van der Waals surface area contributed by atoms with Crippen LogP contribution >= 0.6 is 11.6 Å². The Labute approximate surface area is 199 Å². The third kappa shape index (κ3) is 4.44. The van der Waals surface area contributed by atoms with Gasteiger partial charge in [0.05, 0.1) is 23.9 Å². The van der Waals surface area contributed by atoms with Gasteiger partial charge in [0.1, 0.15) is 5.75 Å². The summed E-state index contributed by atoms with van der Waals surface area (Å²) in [7, 11) is 1.68. The molecule has 3 heterocycles. The largest absolute Gasteiger partial charge is 0.497 e. The number of halogens is 1. The van der Waals surface area contributed by atoms with Crippen LogP contribution in [0.2, 0.25) is 5.02 Å². The normalized spacial score (nSPS) is 16.8. The number of fused-ring (bicyclic) bond motifs is 1. The van der Waals surface area contributed by atoms with E-state index in [0.29, 0.717) is 10.6 Å². The molecule has 0 aliphatic carbocycles. The molecule has 0 unspecified atom stereocenters. The van der Waals surface area contributed by atoms with Crippen LogP contribution in [0.1, 0.15) is 29.6 Å². The summed E-state index contributed by atoms with van der Waals surface area (Å²) in [4.78, 5) is 24.8. The molecule has 33 heavy (non-hydrogen) atoms. The SMILES string of the molecule is COc1ccc(N2CCN(c3c(C(=O)N4CCCCC4)cnc4ccc(Cl)cc34)CC2)cc1. The lowest BCUT2D eigenvalue weighted by Crippen LogP contribution is -2.47. The topological polar surface area (TPSA) is 48.9 Å². The second-order valence-corrected chi connectivity index (χ2v) is 9.14. The van der Waals surface area contributed by atoms with Crippen LogP contribution in [0.4, 0.5) is 11.4 Å². The highest BCUT2D eigenvalue weighted by molar-refractivity contribution is 6.31. The highest BCUT2D eigenvalue weighted by Crippen LogP contribution is 2.34. The average molecular weight is 465 g/mol. The van der Waals surface area contributed by atoms with Gasteiger partial charge in [-0.05, 0) is 61.7 Å². The lowest BCUT2D eigenvalue weighted by atomic mass is 10.0. The standard InChI is InChI=1S/C26H29ClN4O2/c1-33-21-8-6-20(7-9-21)29-13-15-30(16-14-29)25-22-17-19(27)5-10-24(22)28-18-23(25)26(32)31-11-3-2-4-12-31/h5-10,17-18H,2-4,11-16H2,1H3. The number of anilines is 2. The maximum atomic E-state index is 13.5. The van der Waals surface area contributed by atoms with E-state index in [4.69, 9.17) is 16.3 Å². The van der Waals surface area contributed by atoms with Crippen LogP contribution in [0, 0.1) is 0 Å². The van der Waals surface area contributed by atoms with Gasteiger partial charge in [0.25, 0.3) is 5.91 Å². The minimum atomic E-state index is 0.0802. The van der Waals surface area contributed by atoms with Crippen molar-refractivity contribution in [3.63, 3.8) is 0 Å². The zero-order valence-electron chi connectivity index (χ0n) is 19.0. The molecule has 2 saturated heterocycles. The molecule has 7 heteroatoms. The number of ether oxygens (including phenoxy) is 1. The summed E-state index contributed by atoms with van der Waals surface area (Å²) in [6.07, 6.45) is 5.08. The highest BCUT2D eigenvalue weighted by atomic mass is 35.5. The van der Waals surface area contributed by atoms with Crippen molar-refractivity contribution in [1.29, 1.82) is 0 Å². The van der Waals surface area contributed by atoms with Gasteiger partial charge in [0.15, 0.2) is 0 Å². The smallest absolute Gasteiger partial charge is 0.257 e. The van der Waals surface area contributed by atoms with Gasteiger partial charge in [-0.15, -0.1) is 0 Å². The number of benzene rings is 2. The Morgan fingerprint density at radius 1 is 0.909 bits per heavy atom. The molecular weight excluding hydrogens is 436 g/mol. The van der Waals surface area contributed by atoms with Gasteiger partial charge in [-0.25, -0.2) is 0 Å². The fourth-order valence-corrected chi connectivity index (χ4v) is 5.07. The second kappa shape index (κ2) is 9.48. The Hall–Kier alpha value is -2.99. The number of nitrogens with zero attached hydrogens (tertiary/aromatic N) is 4. The van der Waals surface area contributed by atoms with Crippen LogP contribution in [0.15, 0.2) is 48.7 Å². The van der Waals surface area contributed by atoms with E-state index in [-0.39, 0.29) is 5.91 Å². The number of piperidine rings is 1. The Bertz CT molecular complexity index is 1140. The summed E-state index contributed by atoms with van der Waals surface area (Å²) in [6.45, 7) is 5.01. The number of rotatable bonds is 4. The molecule has 0 bridgehead atoms. The lowest BCUT2D eigenvalue weighted by molar-refractivity contribution is 0.0724. The zero-order chi connectivity index (χ0) is 22.8. The van der Waals surface area contributed by atoms with Crippen LogP contribution < -0.4 is 14.5 Å². The molecule has 0 N–H and O–H groups in total. The number of aromatic nitrogens is 1. The predicted octanol–water partition coefficient (Wildman–Crippen LogP) is 4.85. The van der Waals surface area contributed by atoms with E-state index >= 15 is 0 Å². The third-order valence-corrected chi connectivity index (χ3v) is 6.94. The number of piperazine rings is 1. The molecule has 3 aromatic rings. The summed E-state index contributed by atoms with van der Waals surface area (Å²) < 4.78 is 5.29. The molecular formula is C26H29ClN4O2. The minimum absolute atomic E-state index is 0.0802. The first-order valence-corrected chi connectivity index (χ1v) is 12.0. The predicted molar refractivity (Wildman–Crippen MR) is 134 cm³/mol. The molecule has 2 fully saturated rings. The molecule has 6 nitrogen and oxygen atoms in total. The molecule has 2 aliphatic rings. The molecule has 0 spiro atoms. The van der Waals surface area contributed by atoms with Crippen molar-refractivity contribution in [2.75, 3.05) is 56.2 Å². The molecule has 5 rings (SSSR count). The quantitative estimate of drug-likeness (QED) is 0.552. The van der Waals surface area contributed by atoms with Crippen molar-refractivity contribution >= 4 is 39.8 Å². The minimum Gasteiger partial charge on any atom is -0.497 e. The number of pyridine rings is 1. The van der Waals surface area contributed by atoms with E-state index in [1.54, 1.807) is 13.3 Å².